The van der Waals surface area contributed by atoms with Crippen molar-refractivity contribution in [3.63, 3.8) is 0 Å². The van der Waals surface area contributed by atoms with Crippen molar-refractivity contribution in [3.8, 4) is 0 Å². The lowest BCUT2D eigenvalue weighted by atomic mass is 10.1. The predicted octanol–water partition coefficient (Wildman–Crippen LogP) is 2.89. The molecule has 0 amide bonds. The van der Waals surface area contributed by atoms with E-state index in [1.807, 2.05) is 39.0 Å². The molecular formula is C20H32N3O4+. The highest BCUT2D eigenvalue weighted by atomic mass is 16.8. The van der Waals surface area contributed by atoms with Gasteiger partial charge in [-0.05, 0) is 40.2 Å². The van der Waals surface area contributed by atoms with Crippen LogP contribution in [0.3, 0.4) is 0 Å². The zero-order valence-corrected chi connectivity index (χ0v) is 17.3. The summed E-state index contributed by atoms with van der Waals surface area (Å²) >= 11 is 0. The van der Waals surface area contributed by atoms with E-state index in [2.05, 4.69) is 23.6 Å². The number of ether oxygens (including phenoxy) is 1. The lowest BCUT2D eigenvalue weighted by Crippen LogP contribution is -2.57. The Morgan fingerprint density at radius 3 is 2.44 bits per heavy atom. The maximum Gasteiger partial charge on any atom is 0.320 e. The quantitative estimate of drug-likeness (QED) is 0.560. The highest BCUT2D eigenvalue weighted by Crippen LogP contribution is 2.21. The third-order valence-corrected chi connectivity index (χ3v) is 4.67. The maximum atomic E-state index is 12.2. The van der Waals surface area contributed by atoms with Gasteiger partial charge in [-0.15, -0.1) is 0 Å². The van der Waals surface area contributed by atoms with E-state index < -0.39 is 5.60 Å². The van der Waals surface area contributed by atoms with Crippen LogP contribution < -0.4 is 0 Å². The van der Waals surface area contributed by atoms with Crippen LogP contribution in [0.15, 0.2) is 24.3 Å². The van der Waals surface area contributed by atoms with Gasteiger partial charge >= 0.3 is 11.7 Å². The van der Waals surface area contributed by atoms with Crippen LogP contribution >= 0.6 is 0 Å². The molecule has 1 aliphatic heterocycles. The summed E-state index contributed by atoms with van der Waals surface area (Å²) in [6, 6.07) is 7.98. The van der Waals surface area contributed by atoms with Gasteiger partial charge in [-0.3, -0.25) is 14.6 Å². The summed E-state index contributed by atoms with van der Waals surface area (Å²) < 4.78 is 5.45. The molecular weight excluding hydrogens is 346 g/mol. The van der Waals surface area contributed by atoms with Crippen molar-refractivity contribution in [2.75, 3.05) is 26.7 Å². The molecule has 0 aliphatic carbocycles. The van der Waals surface area contributed by atoms with Gasteiger partial charge in [0.15, 0.2) is 7.11 Å². The smallest absolute Gasteiger partial charge is 0.320 e. The average molecular weight is 378 g/mol. The summed E-state index contributed by atoms with van der Waals surface area (Å²) in [4.78, 5) is 33.6. The van der Waals surface area contributed by atoms with Crippen molar-refractivity contribution in [2.45, 2.75) is 58.8 Å². The molecule has 1 aromatic carbocycles. The lowest BCUT2D eigenvalue weighted by molar-refractivity contribution is -0.736. The van der Waals surface area contributed by atoms with Gasteiger partial charge < -0.3 is 4.74 Å². The molecule has 7 nitrogen and oxygen atoms in total. The topological polar surface area (TPSA) is 62.1 Å². The average Bonchev–Trinajstić information content (AvgIpc) is 2.57. The zero-order chi connectivity index (χ0) is 20.2. The minimum atomic E-state index is -0.462. The monoisotopic (exact) mass is 378 g/mol. The number of rotatable bonds is 6. The minimum absolute atomic E-state index is 0.183. The molecule has 0 radical (unpaired) electrons. The SMILES string of the molecule is CO[N+](=O)c1cccc(CN2CC(C)N(CC(=O)OC(C)(C)C)CC2C)c1. The second-order valence-corrected chi connectivity index (χ2v) is 8.25. The number of hydrogen-bond donors (Lipinski definition) is 0. The van der Waals surface area contributed by atoms with Crippen LogP contribution in [0.4, 0.5) is 5.69 Å². The Morgan fingerprint density at radius 2 is 1.81 bits per heavy atom. The van der Waals surface area contributed by atoms with E-state index in [9.17, 15) is 9.70 Å². The number of carbonyl (C=O) groups excluding carboxylic acids is 1. The van der Waals surface area contributed by atoms with E-state index >= 15 is 0 Å². The fraction of sp³-hybridized carbons (Fsp3) is 0.650. The summed E-state index contributed by atoms with van der Waals surface area (Å²) in [5, 5.41) is 0. The lowest BCUT2D eigenvalue weighted by Gasteiger charge is -2.44. The summed E-state index contributed by atoms with van der Waals surface area (Å²) in [5.74, 6) is -0.183. The molecule has 1 saturated heterocycles. The molecule has 27 heavy (non-hydrogen) atoms. The second-order valence-electron chi connectivity index (χ2n) is 8.25. The predicted molar refractivity (Wildman–Crippen MR) is 103 cm³/mol. The van der Waals surface area contributed by atoms with E-state index in [1.165, 1.54) is 7.11 Å². The first-order valence-corrected chi connectivity index (χ1v) is 9.39. The van der Waals surface area contributed by atoms with E-state index in [-0.39, 0.29) is 18.1 Å². The van der Waals surface area contributed by atoms with Crippen molar-refractivity contribution >= 4 is 11.7 Å². The van der Waals surface area contributed by atoms with Crippen LogP contribution in [0, 0.1) is 4.91 Å². The molecule has 1 heterocycles. The molecule has 0 bridgehead atoms. The van der Waals surface area contributed by atoms with Gasteiger partial charge in [0, 0.05) is 43.9 Å². The Kier molecular flexibility index (Phi) is 6.95. The van der Waals surface area contributed by atoms with Crippen molar-refractivity contribution < 1.29 is 19.3 Å². The van der Waals surface area contributed by atoms with Crippen molar-refractivity contribution in [1.29, 1.82) is 0 Å². The number of piperazine rings is 1. The molecule has 2 atom stereocenters. The molecule has 1 aromatic rings. The highest BCUT2D eigenvalue weighted by molar-refractivity contribution is 5.72. The van der Waals surface area contributed by atoms with Crippen LogP contribution in [-0.4, -0.2) is 65.1 Å². The summed E-state index contributed by atoms with van der Waals surface area (Å²) in [6.07, 6.45) is 0. The first-order chi connectivity index (χ1) is 12.6. The normalized spacial score (nSPS) is 21.7. The number of carbonyl (C=O) groups is 1. The number of hydrogen-bond acceptors (Lipinski definition) is 6. The molecule has 0 N–H and O–H groups in total. The first-order valence-electron chi connectivity index (χ1n) is 9.39. The van der Waals surface area contributed by atoms with Crippen LogP contribution in [0.25, 0.3) is 0 Å². The minimum Gasteiger partial charge on any atom is -0.459 e. The van der Waals surface area contributed by atoms with E-state index in [0.29, 0.717) is 17.2 Å². The Morgan fingerprint density at radius 1 is 1.19 bits per heavy atom. The molecule has 150 valence electrons. The Labute approximate surface area is 161 Å². The Bertz CT molecular complexity index is 671. The summed E-state index contributed by atoms with van der Waals surface area (Å²) in [6.45, 7) is 12.6. The molecule has 0 saturated carbocycles. The number of esters is 1. The third kappa shape index (κ3) is 6.29. The molecule has 2 rings (SSSR count). The maximum absolute atomic E-state index is 12.2. The van der Waals surface area contributed by atoms with E-state index in [4.69, 9.17) is 9.57 Å². The molecule has 2 unspecified atom stereocenters. The van der Waals surface area contributed by atoms with Crippen molar-refractivity contribution in [2.24, 2.45) is 0 Å². The Hall–Kier alpha value is -1.99. The molecule has 0 aromatic heterocycles. The molecule has 7 heteroatoms. The second kappa shape index (κ2) is 8.80. The third-order valence-electron chi connectivity index (χ3n) is 4.67. The van der Waals surface area contributed by atoms with Crippen LogP contribution in [0.1, 0.15) is 40.2 Å². The van der Waals surface area contributed by atoms with Gasteiger partial charge in [0.1, 0.15) is 5.60 Å². The van der Waals surface area contributed by atoms with Gasteiger partial charge in [-0.2, -0.15) is 0 Å². The fourth-order valence-electron chi connectivity index (χ4n) is 3.36. The van der Waals surface area contributed by atoms with Gasteiger partial charge in [0.05, 0.1) is 11.5 Å². The van der Waals surface area contributed by atoms with Crippen molar-refractivity contribution in [1.82, 2.24) is 9.80 Å². The fourth-order valence-corrected chi connectivity index (χ4v) is 3.36. The van der Waals surface area contributed by atoms with E-state index in [1.54, 1.807) is 6.07 Å². The van der Waals surface area contributed by atoms with E-state index in [0.717, 1.165) is 25.2 Å². The van der Waals surface area contributed by atoms with Gasteiger partial charge in [0.2, 0.25) is 0 Å². The summed E-state index contributed by atoms with van der Waals surface area (Å²) in [5.41, 5.74) is 1.08. The van der Waals surface area contributed by atoms with Crippen LogP contribution in [0.5, 0.6) is 0 Å². The summed E-state index contributed by atoms with van der Waals surface area (Å²) in [7, 11) is 1.35. The van der Waals surface area contributed by atoms with Gasteiger partial charge in [-0.1, -0.05) is 12.1 Å². The highest BCUT2D eigenvalue weighted by Gasteiger charge is 2.31. The standard InChI is InChI=1S/C20H32N3O4/c1-15-12-22(14-19(24)27-20(3,4)5)16(2)11-21(15)13-17-8-7-9-18(10-17)23(25)26-6/h7-10,15-16H,11-14H2,1-6H3/q+1. The van der Waals surface area contributed by atoms with Gasteiger partial charge in [-0.25, -0.2) is 4.84 Å². The molecule has 1 fully saturated rings. The van der Waals surface area contributed by atoms with Crippen LogP contribution in [-0.2, 0) is 20.9 Å². The van der Waals surface area contributed by atoms with Crippen LogP contribution in [0.2, 0.25) is 0 Å². The first kappa shape index (κ1) is 21.3. The number of nitrogens with zero attached hydrogens (tertiary/aromatic N) is 3. The number of benzene rings is 1. The zero-order valence-electron chi connectivity index (χ0n) is 17.3. The largest absolute Gasteiger partial charge is 0.459 e. The molecule has 1 aliphatic rings. The van der Waals surface area contributed by atoms with Crippen molar-refractivity contribution in [3.05, 3.63) is 34.7 Å². The van der Waals surface area contributed by atoms with Gasteiger partial charge in [0.25, 0.3) is 4.92 Å². The molecule has 0 spiro atoms. The Balaban J connectivity index is 1.97.